The molecule has 0 radical (unpaired) electrons. The molecule has 3 nitrogen and oxygen atoms in total. The number of hydrogen-bond acceptors (Lipinski definition) is 3. The molecule has 1 heterocycles. The molecule has 16 heavy (non-hydrogen) atoms. The van der Waals surface area contributed by atoms with E-state index in [0.717, 1.165) is 16.9 Å². The van der Waals surface area contributed by atoms with Crippen molar-refractivity contribution < 1.29 is 5.11 Å². The summed E-state index contributed by atoms with van der Waals surface area (Å²) >= 11 is 0. The van der Waals surface area contributed by atoms with Gasteiger partial charge in [0.25, 0.3) is 0 Å². The van der Waals surface area contributed by atoms with Crippen LogP contribution < -0.4 is 5.32 Å². The van der Waals surface area contributed by atoms with Crippen LogP contribution in [0.15, 0.2) is 42.6 Å². The maximum Gasteiger partial charge on any atom is 0.115 e. The van der Waals surface area contributed by atoms with Gasteiger partial charge in [0, 0.05) is 12.2 Å². The molecule has 82 valence electrons. The first-order chi connectivity index (χ1) is 7.74. The first-order valence-corrected chi connectivity index (χ1v) is 5.18. The number of pyridine rings is 1. The van der Waals surface area contributed by atoms with Crippen LogP contribution in [-0.2, 0) is 6.54 Å². The Morgan fingerprint density at radius 1 is 1.25 bits per heavy atom. The van der Waals surface area contributed by atoms with Gasteiger partial charge in [0.05, 0.1) is 11.9 Å². The van der Waals surface area contributed by atoms with Crippen LogP contribution in [-0.4, -0.2) is 10.1 Å². The zero-order chi connectivity index (χ0) is 11.4. The predicted molar refractivity (Wildman–Crippen MR) is 64.4 cm³/mol. The lowest BCUT2D eigenvalue weighted by atomic mass is 10.2. The standard InChI is InChI=1S/C13H14N2O/c1-10-5-6-12(9-14-10)15-8-11-3-2-4-13(16)7-11/h2-7,9,15-16H,8H2,1H3. The van der Waals surface area contributed by atoms with E-state index in [-0.39, 0.29) is 0 Å². The lowest BCUT2D eigenvalue weighted by Crippen LogP contribution is -1.99. The normalized spacial score (nSPS) is 10.1. The van der Waals surface area contributed by atoms with E-state index in [1.54, 1.807) is 18.3 Å². The molecule has 3 heteroatoms. The van der Waals surface area contributed by atoms with E-state index >= 15 is 0 Å². The SMILES string of the molecule is Cc1ccc(NCc2cccc(O)c2)cn1. The second-order valence-electron chi connectivity index (χ2n) is 3.71. The molecule has 2 N–H and O–H groups in total. The number of phenols is 1. The lowest BCUT2D eigenvalue weighted by molar-refractivity contribution is 0.474. The number of aromatic nitrogens is 1. The summed E-state index contributed by atoms with van der Waals surface area (Å²) in [5.74, 6) is 0.293. The molecule has 0 saturated carbocycles. The summed E-state index contributed by atoms with van der Waals surface area (Å²) in [5, 5.41) is 12.5. The molecule has 1 aromatic heterocycles. The third kappa shape index (κ3) is 2.73. The zero-order valence-corrected chi connectivity index (χ0v) is 9.14. The molecule has 0 aliphatic heterocycles. The minimum absolute atomic E-state index is 0.293. The minimum Gasteiger partial charge on any atom is -0.508 e. The minimum atomic E-state index is 0.293. The van der Waals surface area contributed by atoms with Crippen LogP contribution in [0.5, 0.6) is 5.75 Å². The molecular weight excluding hydrogens is 200 g/mol. The lowest BCUT2D eigenvalue weighted by Gasteiger charge is -2.06. The molecule has 2 aromatic rings. The van der Waals surface area contributed by atoms with E-state index in [9.17, 15) is 5.11 Å². The first-order valence-electron chi connectivity index (χ1n) is 5.18. The second-order valence-corrected chi connectivity index (χ2v) is 3.71. The first kappa shape index (κ1) is 10.5. The Labute approximate surface area is 94.8 Å². The molecule has 0 bridgehead atoms. The van der Waals surface area contributed by atoms with E-state index in [2.05, 4.69) is 10.3 Å². The average Bonchev–Trinajstić information content (AvgIpc) is 2.28. The van der Waals surface area contributed by atoms with Crippen LogP contribution in [0.2, 0.25) is 0 Å². The molecule has 0 amide bonds. The Balaban J connectivity index is 1.99. The van der Waals surface area contributed by atoms with Crippen molar-refractivity contribution in [2.24, 2.45) is 0 Å². The number of phenolic OH excluding ortho intramolecular Hbond substituents is 1. The Kier molecular flexibility index (Phi) is 3.05. The van der Waals surface area contributed by atoms with Crippen LogP contribution in [0.25, 0.3) is 0 Å². The van der Waals surface area contributed by atoms with Crippen molar-refractivity contribution in [2.75, 3.05) is 5.32 Å². The fourth-order valence-electron chi connectivity index (χ4n) is 1.44. The van der Waals surface area contributed by atoms with Crippen LogP contribution in [0.1, 0.15) is 11.3 Å². The van der Waals surface area contributed by atoms with Gasteiger partial charge in [-0.05, 0) is 36.8 Å². The van der Waals surface area contributed by atoms with Crippen molar-refractivity contribution in [3.8, 4) is 5.75 Å². The van der Waals surface area contributed by atoms with Gasteiger partial charge in [0.15, 0.2) is 0 Å². The van der Waals surface area contributed by atoms with Gasteiger partial charge in [-0.2, -0.15) is 0 Å². The number of rotatable bonds is 3. The Morgan fingerprint density at radius 2 is 2.12 bits per heavy atom. The van der Waals surface area contributed by atoms with E-state index in [1.807, 2.05) is 31.2 Å². The predicted octanol–water partition coefficient (Wildman–Crippen LogP) is 2.71. The summed E-state index contributed by atoms with van der Waals surface area (Å²) in [4.78, 5) is 4.20. The molecule has 0 saturated heterocycles. The molecule has 0 aliphatic rings. The molecule has 0 aliphatic carbocycles. The van der Waals surface area contributed by atoms with E-state index in [1.165, 1.54) is 0 Å². The molecule has 0 unspecified atom stereocenters. The summed E-state index contributed by atoms with van der Waals surface area (Å²) in [5.41, 5.74) is 3.03. The van der Waals surface area contributed by atoms with Crippen molar-refractivity contribution in [2.45, 2.75) is 13.5 Å². The molecule has 0 atom stereocenters. The molecular formula is C13H14N2O. The smallest absolute Gasteiger partial charge is 0.115 e. The van der Waals surface area contributed by atoms with Crippen molar-refractivity contribution >= 4 is 5.69 Å². The third-order valence-electron chi connectivity index (χ3n) is 2.32. The van der Waals surface area contributed by atoms with Gasteiger partial charge >= 0.3 is 0 Å². The molecule has 0 fully saturated rings. The van der Waals surface area contributed by atoms with Crippen molar-refractivity contribution in [3.63, 3.8) is 0 Å². The number of benzene rings is 1. The Bertz CT molecular complexity index is 466. The number of anilines is 1. The highest BCUT2D eigenvalue weighted by Crippen LogP contribution is 2.13. The maximum absolute atomic E-state index is 9.31. The largest absolute Gasteiger partial charge is 0.508 e. The molecule has 2 rings (SSSR count). The number of aromatic hydroxyl groups is 1. The number of hydrogen-bond donors (Lipinski definition) is 2. The summed E-state index contributed by atoms with van der Waals surface area (Å²) < 4.78 is 0. The van der Waals surface area contributed by atoms with Crippen LogP contribution >= 0.6 is 0 Å². The summed E-state index contributed by atoms with van der Waals surface area (Å²) in [6.07, 6.45) is 1.80. The number of nitrogens with one attached hydrogen (secondary N) is 1. The van der Waals surface area contributed by atoms with E-state index < -0.39 is 0 Å². The van der Waals surface area contributed by atoms with Crippen molar-refractivity contribution in [1.82, 2.24) is 4.98 Å². The molecule has 1 aromatic carbocycles. The zero-order valence-electron chi connectivity index (χ0n) is 9.14. The number of aryl methyl sites for hydroxylation is 1. The van der Waals surface area contributed by atoms with Crippen LogP contribution in [0.3, 0.4) is 0 Å². The van der Waals surface area contributed by atoms with Gasteiger partial charge in [-0.25, -0.2) is 0 Å². The Hall–Kier alpha value is -2.03. The van der Waals surface area contributed by atoms with Gasteiger partial charge in [0.1, 0.15) is 5.75 Å². The van der Waals surface area contributed by atoms with Crippen LogP contribution in [0, 0.1) is 6.92 Å². The van der Waals surface area contributed by atoms with Crippen molar-refractivity contribution in [1.29, 1.82) is 0 Å². The van der Waals surface area contributed by atoms with Gasteiger partial charge in [-0.15, -0.1) is 0 Å². The second kappa shape index (κ2) is 4.66. The monoisotopic (exact) mass is 214 g/mol. The van der Waals surface area contributed by atoms with E-state index in [0.29, 0.717) is 12.3 Å². The van der Waals surface area contributed by atoms with Crippen molar-refractivity contribution in [3.05, 3.63) is 53.9 Å². The highest BCUT2D eigenvalue weighted by molar-refractivity contribution is 5.42. The summed E-state index contributed by atoms with van der Waals surface area (Å²) in [6, 6.07) is 11.2. The maximum atomic E-state index is 9.31. The summed E-state index contributed by atoms with van der Waals surface area (Å²) in [6.45, 7) is 2.64. The summed E-state index contributed by atoms with van der Waals surface area (Å²) in [7, 11) is 0. The fraction of sp³-hybridized carbons (Fsp3) is 0.154. The highest BCUT2D eigenvalue weighted by atomic mass is 16.3. The quantitative estimate of drug-likeness (QED) is 0.825. The highest BCUT2D eigenvalue weighted by Gasteiger charge is 1.95. The Morgan fingerprint density at radius 3 is 2.81 bits per heavy atom. The molecule has 0 spiro atoms. The van der Waals surface area contributed by atoms with Gasteiger partial charge in [-0.3, -0.25) is 4.98 Å². The topological polar surface area (TPSA) is 45.1 Å². The van der Waals surface area contributed by atoms with Gasteiger partial charge in [-0.1, -0.05) is 12.1 Å². The third-order valence-corrected chi connectivity index (χ3v) is 2.32. The average molecular weight is 214 g/mol. The van der Waals surface area contributed by atoms with Gasteiger partial charge in [0.2, 0.25) is 0 Å². The van der Waals surface area contributed by atoms with Gasteiger partial charge < -0.3 is 10.4 Å². The number of nitrogens with zero attached hydrogens (tertiary/aromatic N) is 1. The fourth-order valence-corrected chi connectivity index (χ4v) is 1.44. The van der Waals surface area contributed by atoms with Crippen LogP contribution in [0.4, 0.5) is 5.69 Å². The van der Waals surface area contributed by atoms with E-state index in [4.69, 9.17) is 0 Å².